The molecule has 0 spiro atoms. The van der Waals surface area contributed by atoms with Crippen molar-refractivity contribution in [1.82, 2.24) is 18.7 Å². The fourth-order valence-electron chi connectivity index (χ4n) is 3.36. The van der Waals surface area contributed by atoms with E-state index in [1.807, 2.05) is 31.2 Å². The summed E-state index contributed by atoms with van der Waals surface area (Å²) < 4.78 is 4.01. The topological polar surface area (TPSA) is 127 Å². The van der Waals surface area contributed by atoms with Gasteiger partial charge in [-0.15, -0.1) is 0 Å². The molecule has 2 heterocycles. The molecule has 0 aliphatic carbocycles. The van der Waals surface area contributed by atoms with Crippen LogP contribution in [-0.4, -0.2) is 35.1 Å². The number of nitrogens with zero attached hydrogens (tertiary/aromatic N) is 5. The summed E-state index contributed by atoms with van der Waals surface area (Å²) in [6.07, 6.45) is 1.36. The lowest BCUT2D eigenvalue weighted by atomic mass is 10.1. The second-order valence-corrected chi connectivity index (χ2v) is 7.50. The zero-order valence-corrected chi connectivity index (χ0v) is 17.8. The predicted octanol–water partition coefficient (Wildman–Crippen LogP) is 1.65. The van der Waals surface area contributed by atoms with Crippen molar-refractivity contribution in [3.63, 3.8) is 0 Å². The first kappa shape index (κ1) is 20.9. The van der Waals surface area contributed by atoms with Crippen LogP contribution < -0.4 is 16.7 Å². The molecule has 10 heteroatoms. The number of imidazole rings is 1. The van der Waals surface area contributed by atoms with Gasteiger partial charge in [0.1, 0.15) is 11.5 Å². The first-order valence-corrected chi connectivity index (χ1v) is 9.79. The van der Waals surface area contributed by atoms with E-state index in [-0.39, 0.29) is 28.6 Å². The third-order valence-corrected chi connectivity index (χ3v) is 5.19. The number of aromatic hydroxyl groups is 2. The summed E-state index contributed by atoms with van der Waals surface area (Å²) in [7, 11) is 2.97. The Labute approximate surface area is 182 Å². The number of aryl methyl sites for hydroxylation is 2. The Morgan fingerprint density at radius 3 is 2.47 bits per heavy atom. The van der Waals surface area contributed by atoms with Gasteiger partial charge in [0.05, 0.1) is 12.8 Å². The zero-order chi connectivity index (χ0) is 23.0. The number of hydrogen-bond acceptors (Lipinski definition) is 7. The lowest BCUT2D eigenvalue weighted by molar-refractivity contribution is 0.450. The number of phenolic OH excluding ortho intramolecular Hbond substituents is 2. The van der Waals surface area contributed by atoms with Crippen molar-refractivity contribution in [1.29, 1.82) is 0 Å². The molecule has 32 heavy (non-hydrogen) atoms. The fraction of sp³-hybridized carbons (Fsp3) is 0.182. The van der Waals surface area contributed by atoms with Gasteiger partial charge in [0.2, 0.25) is 5.95 Å². The van der Waals surface area contributed by atoms with Gasteiger partial charge in [-0.05, 0) is 24.6 Å². The Morgan fingerprint density at radius 1 is 1.06 bits per heavy atom. The first-order chi connectivity index (χ1) is 15.3. The minimum absolute atomic E-state index is 0.0655. The minimum Gasteiger partial charge on any atom is -0.508 e. The van der Waals surface area contributed by atoms with Crippen molar-refractivity contribution in [2.45, 2.75) is 13.5 Å². The van der Waals surface area contributed by atoms with Crippen molar-refractivity contribution < 1.29 is 10.2 Å². The summed E-state index contributed by atoms with van der Waals surface area (Å²) >= 11 is 0. The second-order valence-electron chi connectivity index (χ2n) is 7.50. The molecule has 0 unspecified atom stereocenters. The Kier molecular flexibility index (Phi) is 5.27. The molecule has 4 aromatic rings. The van der Waals surface area contributed by atoms with E-state index in [0.29, 0.717) is 12.1 Å². The largest absolute Gasteiger partial charge is 0.508 e. The molecule has 0 aliphatic rings. The van der Waals surface area contributed by atoms with Gasteiger partial charge in [-0.3, -0.25) is 18.5 Å². The summed E-state index contributed by atoms with van der Waals surface area (Å²) in [6, 6.07) is 12.0. The van der Waals surface area contributed by atoms with Gasteiger partial charge in [0.25, 0.3) is 5.56 Å². The van der Waals surface area contributed by atoms with Gasteiger partial charge in [-0.2, -0.15) is 10.1 Å². The third-order valence-electron chi connectivity index (χ3n) is 5.19. The van der Waals surface area contributed by atoms with Crippen LogP contribution in [0.1, 0.15) is 16.7 Å². The maximum atomic E-state index is 12.9. The highest BCUT2D eigenvalue weighted by Crippen LogP contribution is 2.21. The third kappa shape index (κ3) is 3.73. The smallest absolute Gasteiger partial charge is 0.332 e. The van der Waals surface area contributed by atoms with Gasteiger partial charge < -0.3 is 10.2 Å². The molecule has 0 aliphatic heterocycles. The molecule has 0 saturated heterocycles. The van der Waals surface area contributed by atoms with Crippen LogP contribution in [0.3, 0.4) is 0 Å². The molecule has 0 saturated carbocycles. The van der Waals surface area contributed by atoms with E-state index in [9.17, 15) is 19.8 Å². The number of rotatable bonds is 5. The maximum Gasteiger partial charge on any atom is 0.332 e. The molecule has 164 valence electrons. The minimum atomic E-state index is -0.480. The SMILES string of the molecule is Cc1ccc(Cn2c(NN=Cc3ccc(O)cc3O)nc3c2c(=O)n(C)c(=O)n3C)cc1. The van der Waals surface area contributed by atoms with Gasteiger partial charge in [0, 0.05) is 25.7 Å². The molecule has 0 amide bonds. The van der Waals surface area contributed by atoms with E-state index in [1.165, 1.54) is 36.0 Å². The first-order valence-electron chi connectivity index (χ1n) is 9.79. The number of fused-ring (bicyclic) bond motifs is 1. The van der Waals surface area contributed by atoms with Gasteiger partial charge in [0.15, 0.2) is 11.2 Å². The summed E-state index contributed by atoms with van der Waals surface area (Å²) in [5.41, 5.74) is 4.78. The van der Waals surface area contributed by atoms with Crippen LogP contribution in [-0.2, 0) is 20.6 Å². The van der Waals surface area contributed by atoms with E-state index in [0.717, 1.165) is 15.7 Å². The highest BCUT2D eigenvalue weighted by molar-refractivity contribution is 5.84. The van der Waals surface area contributed by atoms with Crippen molar-refractivity contribution in [3.05, 3.63) is 80.0 Å². The molecule has 0 atom stereocenters. The maximum absolute atomic E-state index is 12.9. The van der Waals surface area contributed by atoms with E-state index >= 15 is 0 Å². The van der Waals surface area contributed by atoms with Crippen LogP contribution in [0.5, 0.6) is 11.5 Å². The predicted molar refractivity (Wildman–Crippen MR) is 121 cm³/mol. The summed E-state index contributed by atoms with van der Waals surface area (Å²) in [5, 5.41) is 23.5. The number of anilines is 1. The second kappa shape index (κ2) is 8.06. The van der Waals surface area contributed by atoms with E-state index < -0.39 is 11.2 Å². The summed E-state index contributed by atoms with van der Waals surface area (Å²) in [4.78, 5) is 29.7. The molecule has 0 bridgehead atoms. The van der Waals surface area contributed by atoms with Crippen molar-refractivity contribution >= 4 is 23.3 Å². The number of phenols is 2. The number of hydrazone groups is 1. The fourth-order valence-corrected chi connectivity index (χ4v) is 3.36. The zero-order valence-electron chi connectivity index (χ0n) is 17.8. The average molecular weight is 434 g/mol. The quantitative estimate of drug-likeness (QED) is 0.324. The van der Waals surface area contributed by atoms with Crippen molar-refractivity contribution in [3.8, 4) is 11.5 Å². The van der Waals surface area contributed by atoms with Crippen LogP contribution in [0.4, 0.5) is 5.95 Å². The van der Waals surface area contributed by atoms with Crippen LogP contribution >= 0.6 is 0 Å². The van der Waals surface area contributed by atoms with Crippen LogP contribution in [0, 0.1) is 6.92 Å². The molecule has 4 rings (SSSR count). The van der Waals surface area contributed by atoms with Gasteiger partial charge >= 0.3 is 5.69 Å². The molecular formula is C22H22N6O4. The monoisotopic (exact) mass is 434 g/mol. The van der Waals surface area contributed by atoms with Crippen molar-refractivity contribution in [2.75, 3.05) is 5.43 Å². The lowest BCUT2D eigenvalue weighted by Gasteiger charge is -2.09. The van der Waals surface area contributed by atoms with E-state index in [4.69, 9.17) is 0 Å². The highest BCUT2D eigenvalue weighted by atomic mass is 16.3. The molecule has 0 fully saturated rings. The Balaban J connectivity index is 1.81. The number of aromatic nitrogens is 4. The molecule has 2 aromatic carbocycles. The molecular weight excluding hydrogens is 412 g/mol. The average Bonchev–Trinajstić information content (AvgIpc) is 3.12. The summed E-state index contributed by atoms with van der Waals surface area (Å²) in [6.45, 7) is 2.31. The molecule has 3 N–H and O–H groups in total. The molecule has 0 radical (unpaired) electrons. The number of nitrogens with one attached hydrogen (secondary N) is 1. The Morgan fingerprint density at radius 2 is 1.78 bits per heavy atom. The number of hydrogen-bond donors (Lipinski definition) is 3. The Hall–Kier alpha value is -4.34. The Bertz CT molecular complexity index is 1460. The normalized spacial score (nSPS) is 11.5. The van der Waals surface area contributed by atoms with E-state index in [2.05, 4.69) is 15.5 Å². The lowest BCUT2D eigenvalue weighted by Crippen LogP contribution is -2.37. The van der Waals surface area contributed by atoms with Crippen LogP contribution in [0.25, 0.3) is 11.2 Å². The van der Waals surface area contributed by atoms with Gasteiger partial charge in [-0.25, -0.2) is 10.2 Å². The van der Waals surface area contributed by atoms with Crippen LogP contribution in [0.2, 0.25) is 0 Å². The standard InChI is InChI=1S/C22H22N6O4/c1-13-4-6-14(7-5-13)12-28-18-19(26(2)22(32)27(3)20(18)31)24-21(28)25-23-11-15-8-9-16(29)10-17(15)30/h4-11,29-30H,12H2,1-3H3,(H,24,25). The van der Waals surface area contributed by atoms with Crippen molar-refractivity contribution in [2.24, 2.45) is 19.2 Å². The summed E-state index contributed by atoms with van der Waals surface area (Å²) in [5.74, 6) is 0.0534. The van der Waals surface area contributed by atoms with Crippen LogP contribution in [0.15, 0.2) is 57.2 Å². The molecule has 2 aromatic heterocycles. The highest BCUT2D eigenvalue weighted by Gasteiger charge is 2.19. The van der Waals surface area contributed by atoms with E-state index in [1.54, 1.807) is 11.6 Å². The number of benzene rings is 2. The molecule has 10 nitrogen and oxygen atoms in total. The van der Waals surface area contributed by atoms with Gasteiger partial charge in [-0.1, -0.05) is 29.8 Å².